The number of hydrogen-bond acceptors (Lipinski definition) is 4. The van der Waals surface area contributed by atoms with Crippen molar-refractivity contribution in [3.8, 4) is 5.75 Å². The molecular weight excluding hydrogens is 332 g/mol. The molecule has 0 aliphatic carbocycles. The first-order valence-electron chi connectivity index (χ1n) is 8.43. The predicted octanol–water partition coefficient (Wildman–Crippen LogP) is 2.17. The van der Waals surface area contributed by atoms with Crippen LogP contribution in [0.1, 0.15) is 33.2 Å². The normalized spacial score (nSPS) is 14.2. The van der Waals surface area contributed by atoms with Crippen molar-refractivity contribution >= 4 is 17.7 Å². The zero-order chi connectivity index (χ0) is 18.7. The van der Waals surface area contributed by atoms with Crippen LogP contribution < -0.4 is 10.1 Å². The van der Waals surface area contributed by atoms with Gasteiger partial charge in [0.15, 0.2) is 0 Å². The summed E-state index contributed by atoms with van der Waals surface area (Å²) in [4.78, 5) is 38.1. The maximum absolute atomic E-state index is 12.4. The molecule has 3 rings (SSSR count). The van der Waals surface area contributed by atoms with Gasteiger partial charge in [-0.3, -0.25) is 19.3 Å². The maximum atomic E-state index is 12.4. The Morgan fingerprint density at radius 3 is 2.19 bits per heavy atom. The van der Waals surface area contributed by atoms with E-state index in [0.717, 1.165) is 16.2 Å². The number of benzene rings is 2. The van der Waals surface area contributed by atoms with Gasteiger partial charge in [0.05, 0.1) is 17.7 Å². The van der Waals surface area contributed by atoms with Crippen molar-refractivity contribution in [1.29, 1.82) is 0 Å². The molecule has 0 fully saturated rings. The van der Waals surface area contributed by atoms with Crippen LogP contribution in [0.5, 0.6) is 5.75 Å². The molecule has 0 bridgehead atoms. The quantitative estimate of drug-likeness (QED) is 0.639. The van der Waals surface area contributed by atoms with Crippen LogP contribution in [0.3, 0.4) is 0 Å². The van der Waals surface area contributed by atoms with Gasteiger partial charge in [-0.2, -0.15) is 0 Å². The van der Waals surface area contributed by atoms with Gasteiger partial charge in [0.2, 0.25) is 5.91 Å². The van der Waals surface area contributed by atoms with Gasteiger partial charge < -0.3 is 10.1 Å². The number of nitrogens with one attached hydrogen (secondary N) is 1. The Morgan fingerprint density at radius 2 is 1.62 bits per heavy atom. The summed E-state index contributed by atoms with van der Waals surface area (Å²) in [5.41, 5.74) is 1.81. The van der Waals surface area contributed by atoms with E-state index in [2.05, 4.69) is 5.32 Å². The third-order valence-corrected chi connectivity index (χ3v) is 4.28. The highest BCUT2D eigenvalue weighted by Gasteiger charge is 2.40. The number of nitrogens with zero attached hydrogens (tertiary/aromatic N) is 1. The molecule has 1 N–H and O–H groups in total. The fourth-order valence-corrected chi connectivity index (χ4v) is 2.80. The van der Waals surface area contributed by atoms with Gasteiger partial charge in [0, 0.05) is 0 Å². The molecule has 0 unspecified atom stereocenters. The minimum absolute atomic E-state index is 0.278. The third kappa shape index (κ3) is 3.44. The topological polar surface area (TPSA) is 75.7 Å². The molecule has 26 heavy (non-hydrogen) atoms. The number of aryl methyl sites for hydroxylation is 1. The van der Waals surface area contributed by atoms with Crippen LogP contribution in [-0.2, 0) is 4.79 Å². The van der Waals surface area contributed by atoms with E-state index in [1.807, 2.05) is 31.2 Å². The average molecular weight is 352 g/mol. The summed E-state index contributed by atoms with van der Waals surface area (Å²) >= 11 is 0. The second kappa shape index (κ2) is 7.39. The Bertz CT molecular complexity index is 810. The Morgan fingerprint density at radius 1 is 1.04 bits per heavy atom. The summed E-state index contributed by atoms with van der Waals surface area (Å²) < 4.78 is 5.55. The number of carbonyl (C=O) groups is 3. The summed E-state index contributed by atoms with van der Waals surface area (Å²) in [6.45, 7) is 4.10. The summed E-state index contributed by atoms with van der Waals surface area (Å²) in [5, 5.41) is 2.70. The minimum atomic E-state index is -0.887. The third-order valence-electron chi connectivity index (χ3n) is 4.28. The van der Waals surface area contributed by atoms with Crippen LogP contribution in [-0.4, -0.2) is 41.8 Å². The zero-order valence-corrected chi connectivity index (χ0v) is 14.7. The number of fused-ring (bicyclic) bond motifs is 1. The molecule has 1 aliphatic heterocycles. The Kier molecular flexibility index (Phi) is 5.02. The van der Waals surface area contributed by atoms with E-state index in [1.165, 1.54) is 6.92 Å². The van der Waals surface area contributed by atoms with E-state index < -0.39 is 23.8 Å². The Labute approximate surface area is 151 Å². The second-order valence-electron chi connectivity index (χ2n) is 6.15. The first-order chi connectivity index (χ1) is 12.5. The summed E-state index contributed by atoms with van der Waals surface area (Å²) in [5.74, 6) is -0.557. The van der Waals surface area contributed by atoms with Crippen molar-refractivity contribution in [3.05, 3.63) is 65.2 Å². The molecule has 6 nitrogen and oxygen atoms in total. The van der Waals surface area contributed by atoms with E-state index in [1.54, 1.807) is 24.3 Å². The standard InChI is InChI=1S/C20H20N2O4/c1-13-7-9-15(10-8-13)26-12-11-21-18(23)14(2)22-19(24)16-5-3-4-6-17(16)20(22)25/h3-10,14H,11-12H2,1-2H3,(H,21,23)/t14-/m0/s1. The number of amides is 3. The van der Waals surface area contributed by atoms with Crippen molar-refractivity contribution < 1.29 is 19.1 Å². The lowest BCUT2D eigenvalue weighted by atomic mass is 10.1. The van der Waals surface area contributed by atoms with Crippen molar-refractivity contribution in [3.63, 3.8) is 0 Å². The number of imide groups is 1. The van der Waals surface area contributed by atoms with Crippen LogP contribution >= 0.6 is 0 Å². The van der Waals surface area contributed by atoms with Crippen LogP contribution in [0.2, 0.25) is 0 Å². The lowest BCUT2D eigenvalue weighted by molar-refractivity contribution is -0.124. The Hall–Kier alpha value is -3.15. The number of carbonyl (C=O) groups excluding carboxylic acids is 3. The van der Waals surface area contributed by atoms with Crippen molar-refractivity contribution in [2.24, 2.45) is 0 Å². The van der Waals surface area contributed by atoms with E-state index in [-0.39, 0.29) is 6.54 Å². The minimum Gasteiger partial charge on any atom is -0.492 e. The van der Waals surface area contributed by atoms with E-state index in [9.17, 15) is 14.4 Å². The van der Waals surface area contributed by atoms with Gasteiger partial charge >= 0.3 is 0 Å². The molecule has 0 aromatic heterocycles. The second-order valence-corrected chi connectivity index (χ2v) is 6.15. The molecule has 3 amide bonds. The molecule has 134 valence electrons. The van der Waals surface area contributed by atoms with Crippen molar-refractivity contribution in [2.45, 2.75) is 19.9 Å². The molecular formula is C20H20N2O4. The van der Waals surface area contributed by atoms with Gasteiger partial charge in [-0.15, -0.1) is 0 Å². The number of rotatable bonds is 6. The summed E-state index contributed by atoms with van der Waals surface area (Å²) in [7, 11) is 0. The Balaban J connectivity index is 1.53. The zero-order valence-electron chi connectivity index (χ0n) is 14.7. The van der Waals surface area contributed by atoms with Crippen LogP contribution in [0.15, 0.2) is 48.5 Å². The predicted molar refractivity (Wildman–Crippen MR) is 96.1 cm³/mol. The molecule has 0 radical (unpaired) electrons. The molecule has 1 atom stereocenters. The molecule has 0 spiro atoms. The van der Waals surface area contributed by atoms with Gasteiger partial charge in [-0.25, -0.2) is 0 Å². The van der Waals surface area contributed by atoms with Gasteiger partial charge in [-0.1, -0.05) is 29.8 Å². The van der Waals surface area contributed by atoms with Crippen LogP contribution in [0.25, 0.3) is 0 Å². The largest absolute Gasteiger partial charge is 0.492 e. The average Bonchev–Trinajstić information content (AvgIpc) is 2.90. The smallest absolute Gasteiger partial charge is 0.262 e. The summed E-state index contributed by atoms with van der Waals surface area (Å²) in [6, 6.07) is 13.3. The SMILES string of the molecule is Cc1ccc(OCCNC(=O)[C@H](C)N2C(=O)c3ccccc3C2=O)cc1. The number of ether oxygens (including phenoxy) is 1. The van der Waals surface area contributed by atoms with Crippen molar-refractivity contribution in [1.82, 2.24) is 10.2 Å². The molecule has 0 saturated heterocycles. The molecule has 6 heteroatoms. The molecule has 0 saturated carbocycles. The first-order valence-corrected chi connectivity index (χ1v) is 8.43. The maximum Gasteiger partial charge on any atom is 0.262 e. The monoisotopic (exact) mass is 352 g/mol. The van der Waals surface area contributed by atoms with Crippen LogP contribution in [0.4, 0.5) is 0 Å². The number of hydrogen-bond donors (Lipinski definition) is 1. The highest BCUT2D eigenvalue weighted by atomic mass is 16.5. The lowest BCUT2D eigenvalue weighted by Crippen LogP contribution is -2.48. The lowest BCUT2D eigenvalue weighted by Gasteiger charge is -2.21. The van der Waals surface area contributed by atoms with E-state index in [0.29, 0.717) is 17.7 Å². The highest BCUT2D eigenvalue weighted by Crippen LogP contribution is 2.24. The molecule has 2 aromatic carbocycles. The highest BCUT2D eigenvalue weighted by molar-refractivity contribution is 6.22. The molecule has 1 heterocycles. The van der Waals surface area contributed by atoms with E-state index >= 15 is 0 Å². The molecule has 1 aliphatic rings. The van der Waals surface area contributed by atoms with Gasteiger partial charge in [0.1, 0.15) is 18.4 Å². The summed E-state index contributed by atoms with van der Waals surface area (Å²) in [6.07, 6.45) is 0. The first kappa shape index (κ1) is 17.7. The van der Waals surface area contributed by atoms with Gasteiger partial charge in [0.25, 0.3) is 11.8 Å². The van der Waals surface area contributed by atoms with Gasteiger partial charge in [-0.05, 0) is 38.1 Å². The molecule has 2 aromatic rings. The van der Waals surface area contributed by atoms with E-state index in [4.69, 9.17) is 4.74 Å². The fraction of sp³-hybridized carbons (Fsp3) is 0.250. The van der Waals surface area contributed by atoms with Crippen molar-refractivity contribution in [2.75, 3.05) is 13.2 Å². The van der Waals surface area contributed by atoms with Crippen LogP contribution in [0, 0.1) is 6.92 Å². The fourth-order valence-electron chi connectivity index (χ4n) is 2.80.